The molecule has 2 heterocycles. The molecule has 0 saturated carbocycles. The van der Waals surface area contributed by atoms with Crippen LogP contribution < -0.4 is 10.2 Å². The Hall–Kier alpha value is -2.04. The monoisotopic (exact) mass is 316 g/mol. The molecule has 2 unspecified atom stereocenters. The van der Waals surface area contributed by atoms with Gasteiger partial charge in [-0.25, -0.2) is 4.79 Å². The van der Waals surface area contributed by atoms with Crippen LogP contribution in [0.4, 0.5) is 11.4 Å². The van der Waals surface area contributed by atoms with Crippen molar-refractivity contribution in [1.29, 1.82) is 0 Å². The fraction of sp³-hybridized carbons (Fsp3) is 0.556. The third-order valence-electron chi connectivity index (χ3n) is 4.81. The van der Waals surface area contributed by atoms with Crippen molar-refractivity contribution in [2.75, 3.05) is 16.8 Å². The average Bonchev–Trinajstić information content (AvgIpc) is 2.75. The number of hydrogen-bond acceptors (Lipinski definition) is 3. The zero-order valence-corrected chi connectivity index (χ0v) is 13.9. The van der Waals surface area contributed by atoms with Crippen LogP contribution in [0.15, 0.2) is 18.2 Å². The number of carboxylic acid groups (broad SMARTS) is 1. The molecular weight excluding hydrogens is 292 g/mol. The number of carbonyl (C=O) groups is 2. The molecule has 1 amide bonds. The second kappa shape index (κ2) is 5.55. The van der Waals surface area contributed by atoms with Crippen LogP contribution in [0.25, 0.3) is 0 Å². The van der Waals surface area contributed by atoms with E-state index in [1.54, 1.807) is 0 Å². The van der Waals surface area contributed by atoms with Gasteiger partial charge in [0.1, 0.15) is 6.04 Å². The van der Waals surface area contributed by atoms with Gasteiger partial charge in [-0.1, -0.05) is 26.8 Å². The van der Waals surface area contributed by atoms with E-state index in [9.17, 15) is 14.7 Å². The lowest BCUT2D eigenvalue weighted by molar-refractivity contribution is -0.141. The second-order valence-electron chi connectivity index (χ2n) is 7.63. The minimum atomic E-state index is -0.798. The highest BCUT2D eigenvalue weighted by Crippen LogP contribution is 2.46. The molecule has 0 radical (unpaired) electrons. The maximum atomic E-state index is 11.9. The lowest BCUT2D eigenvalue weighted by atomic mass is 9.85. The highest BCUT2D eigenvalue weighted by atomic mass is 16.4. The molecule has 1 aromatic carbocycles. The number of carbonyl (C=O) groups excluding carboxylic acids is 1. The van der Waals surface area contributed by atoms with Gasteiger partial charge >= 0.3 is 5.97 Å². The lowest BCUT2D eigenvalue weighted by Gasteiger charge is -2.36. The standard InChI is InChI=1S/C18H24N2O3/c1-18(2,3)16(17(22)23)20-10-11-6-4-9-14(21)19-12-7-5-8-13(20)15(11)12/h5,7-8,11,16H,4,6,9-10H2,1-3H3,(H,19,21)(H,22,23). The van der Waals surface area contributed by atoms with Crippen LogP contribution in [0.1, 0.15) is 51.5 Å². The molecule has 0 aliphatic carbocycles. The van der Waals surface area contributed by atoms with Gasteiger partial charge in [0.25, 0.3) is 0 Å². The van der Waals surface area contributed by atoms with Crippen LogP contribution in [0.2, 0.25) is 0 Å². The molecule has 2 aliphatic rings. The van der Waals surface area contributed by atoms with E-state index >= 15 is 0 Å². The van der Waals surface area contributed by atoms with Crippen LogP contribution in [0.5, 0.6) is 0 Å². The zero-order valence-electron chi connectivity index (χ0n) is 13.9. The van der Waals surface area contributed by atoms with E-state index < -0.39 is 12.0 Å². The van der Waals surface area contributed by atoms with Crippen molar-refractivity contribution in [3.8, 4) is 0 Å². The van der Waals surface area contributed by atoms with Crippen molar-refractivity contribution in [3.63, 3.8) is 0 Å². The highest BCUT2D eigenvalue weighted by Gasteiger charge is 2.43. The van der Waals surface area contributed by atoms with Gasteiger partial charge in [-0.3, -0.25) is 4.79 Å². The number of benzene rings is 1. The summed E-state index contributed by atoms with van der Waals surface area (Å²) in [6.45, 7) is 6.59. The van der Waals surface area contributed by atoms with Gasteiger partial charge < -0.3 is 15.3 Å². The summed E-state index contributed by atoms with van der Waals surface area (Å²) in [7, 11) is 0. The van der Waals surface area contributed by atoms with Crippen LogP contribution in [0, 0.1) is 5.41 Å². The summed E-state index contributed by atoms with van der Waals surface area (Å²) < 4.78 is 0. The smallest absolute Gasteiger partial charge is 0.326 e. The van der Waals surface area contributed by atoms with Crippen molar-refractivity contribution >= 4 is 23.3 Å². The van der Waals surface area contributed by atoms with E-state index in [2.05, 4.69) is 5.32 Å². The van der Waals surface area contributed by atoms with Gasteiger partial charge in [-0.05, 0) is 30.4 Å². The van der Waals surface area contributed by atoms with Crippen molar-refractivity contribution in [2.24, 2.45) is 5.41 Å². The Balaban J connectivity index is 2.08. The van der Waals surface area contributed by atoms with Crippen molar-refractivity contribution < 1.29 is 14.7 Å². The predicted octanol–water partition coefficient (Wildman–Crippen LogP) is 3.21. The molecule has 0 fully saturated rings. The first-order valence-corrected chi connectivity index (χ1v) is 8.21. The Labute approximate surface area is 136 Å². The first-order valence-electron chi connectivity index (χ1n) is 8.21. The van der Waals surface area contributed by atoms with Gasteiger partial charge in [-0.2, -0.15) is 0 Å². The van der Waals surface area contributed by atoms with Crippen LogP contribution in [-0.2, 0) is 9.59 Å². The summed E-state index contributed by atoms with van der Waals surface area (Å²) in [5, 5.41) is 12.8. The molecule has 2 aliphatic heterocycles. The molecule has 124 valence electrons. The van der Waals surface area contributed by atoms with Crippen LogP contribution in [0.3, 0.4) is 0 Å². The van der Waals surface area contributed by atoms with Crippen LogP contribution >= 0.6 is 0 Å². The Morgan fingerprint density at radius 2 is 2.13 bits per heavy atom. The number of carboxylic acids is 1. The number of rotatable bonds is 2. The number of hydrogen-bond donors (Lipinski definition) is 2. The molecule has 0 spiro atoms. The van der Waals surface area contributed by atoms with Crippen molar-refractivity contribution in [3.05, 3.63) is 23.8 Å². The molecule has 0 bridgehead atoms. The number of nitrogens with zero attached hydrogens (tertiary/aromatic N) is 1. The van der Waals surface area contributed by atoms with E-state index in [0.29, 0.717) is 13.0 Å². The zero-order chi connectivity index (χ0) is 16.8. The van der Waals surface area contributed by atoms with Crippen molar-refractivity contribution in [2.45, 2.75) is 52.0 Å². The number of aliphatic carboxylic acids is 1. The Morgan fingerprint density at radius 1 is 1.39 bits per heavy atom. The van der Waals surface area contributed by atoms with E-state index in [1.807, 2.05) is 43.9 Å². The van der Waals surface area contributed by atoms with E-state index in [-0.39, 0.29) is 17.2 Å². The Bertz CT molecular complexity index is 648. The molecule has 0 aromatic heterocycles. The normalized spacial score (nSPS) is 22.0. The van der Waals surface area contributed by atoms with E-state index in [4.69, 9.17) is 0 Å². The van der Waals surface area contributed by atoms with Gasteiger partial charge in [0.05, 0.1) is 0 Å². The molecule has 5 heteroatoms. The largest absolute Gasteiger partial charge is 0.480 e. The minimum Gasteiger partial charge on any atom is -0.480 e. The highest BCUT2D eigenvalue weighted by molar-refractivity contribution is 5.94. The fourth-order valence-corrected chi connectivity index (χ4v) is 3.94. The molecule has 2 N–H and O–H groups in total. The third kappa shape index (κ3) is 2.80. The molecule has 5 nitrogen and oxygen atoms in total. The first-order chi connectivity index (χ1) is 10.8. The van der Waals surface area contributed by atoms with Gasteiger partial charge in [0.15, 0.2) is 0 Å². The number of nitrogens with one attached hydrogen (secondary N) is 1. The first kappa shape index (κ1) is 15.8. The quantitative estimate of drug-likeness (QED) is 0.879. The van der Waals surface area contributed by atoms with Gasteiger partial charge in [0.2, 0.25) is 5.91 Å². The average molecular weight is 316 g/mol. The molecule has 0 saturated heterocycles. The predicted molar refractivity (Wildman–Crippen MR) is 89.9 cm³/mol. The molecule has 3 rings (SSSR count). The lowest BCUT2D eigenvalue weighted by Crippen LogP contribution is -2.49. The maximum absolute atomic E-state index is 11.9. The summed E-state index contributed by atoms with van der Waals surface area (Å²) >= 11 is 0. The summed E-state index contributed by atoms with van der Waals surface area (Å²) in [6.07, 6.45) is 2.29. The SMILES string of the molecule is CC(C)(C)C(C(=O)O)N1CC2CCCC(=O)Nc3cccc1c32. The molecular formula is C18H24N2O3. The Kier molecular flexibility index (Phi) is 3.82. The fourth-order valence-electron chi connectivity index (χ4n) is 3.94. The number of amides is 1. The van der Waals surface area contributed by atoms with Crippen molar-refractivity contribution in [1.82, 2.24) is 0 Å². The topological polar surface area (TPSA) is 69.6 Å². The van der Waals surface area contributed by atoms with Crippen LogP contribution in [-0.4, -0.2) is 29.6 Å². The Morgan fingerprint density at radius 3 is 2.78 bits per heavy atom. The minimum absolute atomic E-state index is 0.0425. The van der Waals surface area contributed by atoms with E-state index in [1.165, 1.54) is 0 Å². The van der Waals surface area contributed by atoms with E-state index in [0.717, 1.165) is 29.8 Å². The molecule has 1 aromatic rings. The molecule has 23 heavy (non-hydrogen) atoms. The summed E-state index contributed by atoms with van der Waals surface area (Å²) in [5.41, 5.74) is 2.53. The second-order valence-corrected chi connectivity index (χ2v) is 7.63. The maximum Gasteiger partial charge on any atom is 0.326 e. The van der Waals surface area contributed by atoms with Gasteiger partial charge in [-0.15, -0.1) is 0 Å². The number of anilines is 2. The summed E-state index contributed by atoms with van der Waals surface area (Å²) in [6, 6.07) is 5.21. The summed E-state index contributed by atoms with van der Waals surface area (Å²) in [4.78, 5) is 25.8. The summed E-state index contributed by atoms with van der Waals surface area (Å²) in [5.74, 6) is -0.472. The third-order valence-corrected chi connectivity index (χ3v) is 4.81. The molecule has 2 atom stereocenters. The van der Waals surface area contributed by atoms with Gasteiger partial charge in [0, 0.05) is 35.8 Å².